The molecule has 0 radical (unpaired) electrons. The summed E-state index contributed by atoms with van der Waals surface area (Å²) in [5.74, 6) is -0.0600. The summed E-state index contributed by atoms with van der Waals surface area (Å²) in [5, 5.41) is 2.96. The van der Waals surface area contributed by atoms with E-state index in [0.29, 0.717) is 4.99 Å². The third-order valence-electron chi connectivity index (χ3n) is 4.71. The first-order chi connectivity index (χ1) is 10.1. The monoisotopic (exact) mass is 303 g/mol. The number of amides is 1. The lowest BCUT2D eigenvalue weighted by Crippen LogP contribution is -2.50. The van der Waals surface area contributed by atoms with E-state index in [1.54, 1.807) is 0 Å². The second-order valence-corrected chi connectivity index (χ2v) is 6.43. The largest absolute Gasteiger partial charge is 0.392 e. The Kier molecular flexibility index (Phi) is 3.85. The molecule has 2 fully saturated rings. The number of carbonyl (C=O) groups excluding carboxylic acids is 1. The maximum Gasteiger partial charge on any atom is 0.237 e. The van der Waals surface area contributed by atoms with E-state index in [1.807, 2.05) is 12.1 Å². The number of thiocarbonyl (C=S) groups is 1. The van der Waals surface area contributed by atoms with Gasteiger partial charge in [-0.3, -0.25) is 4.79 Å². The number of nitrogens with zero attached hydrogens (tertiary/aromatic N) is 1. The molecule has 1 heterocycles. The van der Waals surface area contributed by atoms with Gasteiger partial charge in [0.15, 0.2) is 0 Å². The van der Waals surface area contributed by atoms with E-state index in [9.17, 15) is 4.79 Å². The van der Waals surface area contributed by atoms with Gasteiger partial charge in [-0.25, -0.2) is 0 Å². The maximum absolute atomic E-state index is 12.4. The molecule has 3 N–H and O–H groups in total. The average molecular weight is 303 g/mol. The van der Waals surface area contributed by atoms with Crippen LogP contribution < -0.4 is 16.0 Å². The van der Waals surface area contributed by atoms with Crippen LogP contribution in [0.25, 0.3) is 0 Å². The molecule has 2 aliphatic rings. The number of anilines is 2. The predicted octanol–water partition coefficient (Wildman–Crippen LogP) is 2.68. The Morgan fingerprint density at radius 1 is 1.14 bits per heavy atom. The lowest BCUT2D eigenvalue weighted by molar-refractivity contribution is -0.125. The van der Waals surface area contributed by atoms with Crippen LogP contribution in [-0.2, 0) is 4.79 Å². The molecule has 1 aromatic rings. The minimum absolute atomic E-state index is 0.0600. The van der Waals surface area contributed by atoms with Crippen LogP contribution in [0.2, 0.25) is 0 Å². The highest BCUT2D eigenvalue weighted by atomic mass is 32.1. The van der Waals surface area contributed by atoms with Gasteiger partial charge in [0.05, 0.1) is 10.4 Å². The zero-order valence-electron chi connectivity index (χ0n) is 12.1. The SMILES string of the molecule is NC(=S)C1(C(=O)Nc2ccc(N3CCCC3)cc2)CCC1. The average Bonchev–Trinajstić information content (AvgIpc) is 2.91. The number of hydrogen-bond donors (Lipinski definition) is 2. The number of carbonyl (C=O) groups is 1. The third-order valence-corrected chi connectivity index (χ3v) is 5.10. The molecule has 112 valence electrons. The highest BCUT2D eigenvalue weighted by molar-refractivity contribution is 7.80. The smallest absolute Gasteiger partial charge is 0.237 e. The molecule has 5 heteroatoms. The van der Waals surface area contributed by atoms with E-state index < -0.39 is 5.41 Å². The molecule has 0 bridgehead atoms. The Labute approximate surface area is 130 Å². The van der Waals surface area contributed by atoms with Gasteiger partial charge in [-0.1, -0.05) is 18.6 Å². The summed E-state index contributed by atoms with van der Waals surface area (Å²) in [5.41, 5.74) is 7.17. The highest BCUT2D eigenvalue weighted by Crippen LogP contribution is 2.42. The molecule has 1 saturated carbocycles. The van der Waals surface area contributed by atoms with Gasteiger partial charge in [0, 0.05) is 24.5 Å². The normalized spacial score (nSPS) is 19.9. The zero-order valence-corrected chi connectivity index (χ0v) is 12.9. The quantitative estimate of drug-likeness (QED) is 0.840. The second kappa shape index (κ2) is 5.64. The van der Waals surface area contributed by atoms with Crippen LogP contribution in [0.15, 0.2) is 24.3 Å². The van der Waals surface area contributed by atoms with Crippen LogP contribution in [0.1, 0.15) is 32.1 Å². The van der Waals surface area contributed by atoms with Crippen molar-refractivity contribution in [2.45, 2.75) is 32.1 Å². The Balaban J connectivity index is 1.67. The summed E-state index contributed by atoms with van der Waals surface area (Å²) in [6.45, 7) is 2.24. The van der Waals surface area contributed by atoms with Gasteiger partial charge in [0.2, 0.25) is 5.91 Å². The first-order valence-corrected chi connectivity index (χ1v) is 7.99. The molecule has 0 aromatic heterocycles. The van der Waals surface area contributed by atoms with Crippen molar-refractivity contribution in [3.63, 3.8) is 0 Å². The number of rotatable bonds is 4. The Bertz CT molecular complexity index is 545. The van der Waals surface area contributed by atoms with Crippen LogP contribution in [0, 0.1) is 5.41 Å². The second-order valence-electron chi connectivity index (χ2n) is 6.00. The van der Waals surface area contributed by atoms with Crippen LogP contribution in [0.4, 0.5) is 11.4 Å². The van der Waals surface area contributed by atoms with Crippen molar-refractivity contribution in [2.75, 3.05) is 23.3 Å². The summed E-state index contributed by atoms with van der Waals surface area (Å²) in [7, 11) is 0. The molecular weight excluding hydrogens is 282 g/mol. The van der Waals surface area contributed by atoms with Gasteiger partial charge in [0.25, 0.3) is 0 Å². The fraction of sp³-hybridized carbons (Fsp3) is 0.500. The third kappa shape index (κ3) is 2.62. The molecule has 0 atom stereocenters. The van der Waals surface area contributed by atoms with Crippen molar-refractivity contribution in [3.8, 4) is 0 Å². The first kappa shape index (κ1) is 14.3. The van der Waals surface area contributed by atoms with Crippen molar-refractivity contribution in [3.05, 3.63) is 24.3 Å². The standard InChI is InChI=1S/C16H21N3OS/c17-14(21)16(8-3-9-16)15(20)18-12-4-6-13(7-5-12)19-10-1-2-11-19/h4-7H,1-3,8-11H2,(H2,17,21)(H,18,20). The molecule has 0 spiro atoms. The molecule has 21 heavy (non-hydrogen) atoms. The van der Waals surface area contributed by atoms with Gasteiger partial charge in [0.1, 0.15) is 0 Å². The molecule has 1 amide bonds. The van der Waals surface area contributed by atoms with Crippen LogP contribution in [0.5, 0.6) is 0 Å². The molecule has 1 aromatic carbocycles. The predicted molar refractivity (Wildman–Crippen MR) is 89.6 cm³/mol. The van der Waals surface area contributed by atoms with Crippen molar-refractivity contribution in [1.82, 2.24) is 0 Å². The fourth-order valence-electron chi connectivity index (χ4n) is 3.10. The lowest BCUT2D eigenvalue weighted by Gasteiger charge is -2.39. The number of nitrogens with two attached hydrogens (primary N) is 1. The Morgan fingerprint density at radius 3 is 2.24 bits per heavy atom. The minimum atomic E-state index is -0.622. The summed E-state index contributed by atoms with van der Waals surface area (Å²) in [4.78, 5) is 15.1. The number of benzene rings is 1. The summed E-state index contributed by atoms with van der Waals surface area (Å²) < 4.78 is 0. The Morgan fingerprint density at radius 2 is 1.76 bits per heavy atom. The summed E-state index contributed by atoms with van der Waals surface area (Å²) in [6.07, 6.45) is 5.06. The van der Waals surface area contributed by atoms with Gasteiger partial charge in [-0.2, -0.15) is 0 Å². The van der Waals surface area contributed by atoms with Crippen LogP contribution in [0.3, 0.4) is 0 Å². The van der Waals surface area contributed by atoms with E-state index in [2.05, 4.69) is 22.3 Å². The molecule has 1 aliphatic carbocycles. The van der Waals surface area contributed by atoms with E-state index in [4.69, 9.17) is 18.0 Å². The lowest BCUT2D eigenvalue weighted by atomic mass is 9.68. The summed E-state index contributed by atoms with van der Waals surface area (Å²) in [6, 6.07) is 8.04. The van der Waals surface area contributed by atoms with E-state index in [0.717, 1.165) is 38.0 Å². The molecule has 1 saturated heterocycles. The fourth-order valence-corrected chi connectivity index (χ4v) is 3.39. The van der Waals surface area contributed by atoms with Gasteiger partial charge >= 0.3 is 0 Å². The zero-order chi connectivity index (χ0) is 14.9. The molecule has 0 unspecified atom stereocenters. The molecule has 4 nitrogen and oxygen atoms in total. The molecule has 1 aliphatic heterocycles. The van der Waals surface area contributed by atoms with E-state index in [1.165, 1.54) is 18.5 Å². The highest BCUT2D eigenvalue weighted by Gasteiger charge is 2.46. The van der Waals surface area contributed by atoms with Gasteiger partial charge in [-0.05, 0) is 49.9 Å². The maximum atomic E-state index is 12.4. The van der Waals surface area contributed by atoms with Crippen molar-refractivity contribution >= 4 is 34.5 Å². The van der Waals surface area contributed by atoms with E-state index in [-0.39, 0.29) is 5.91 Å². The topological polar surface area (TPSA) is 58.4 Å². The van der Waals surface area contributed by atoms with Crippen LogP contribution >= 0.6 is 12.2 Å². The minimum Gasteiger partial charge on any atom is -0.392 e. The number of nitrogens with one attached hydrogen (secondary N) is 1. The molecule has 3 rings (SSSR count). The van der Waals surface area contributed by atoms with Crippen molar-refractivity contribution in [1.29, 1.82) is 0 Å². The number of hydrogen-bond acceptors (Lipinski definition) is 3. The first-order valence-electron chi connectivity index (χ1n) is 7.58. The van der Waals surface area contributed by atoms with Gasteiger partial charge in [-0.15, -0.1) is 0 Å². The van der Waals surface area contributed by atoms with E-state index >= 15 is 0 Å². The summed E-state index contributed by atoms with van der Waals surface area (Å²) >= 11 is 5.08. The van der Waals surface area contributed by atoms with Gasteiger partial charge < -0.3 is 16.0 Å². The Hall–Kier alpha value is -1.62. The van der Waals surface area contributed by atoms with Crippen molar-refractivity contribution in [2.24, 2.45) is 11.1 Å². The van der Waals surface area contributed by atoms with Crippen LogP contribution in [-0.4, -0.2) is 24.0 Å². The van der Waals surface area contributed by atoms with Crippen molar-refractivity contribution < 1.29 is 4.79 Å². The molecular formula is C16H21N3OS.